The molecule has 0 amide bonds. The van der Waals surface area contributed by atoms with Gasteiger partial charge in [-0.15, -0.1) is 0 Å². The van der Waals surface area contributed by atoms with E-state index < -0.39 is 6.10 Å². The minimum Gasteiger partial charge on any atom is -0.485 e. The number of aliphatic hydroxyl groups excluding tert-OH is 1. The van der Waals surface area contributed by atoms with Gasteiger partial charge in [-0.05, 0) is 72.6 Å². The zero-order valence-corrected chi connectivity index (χ0v) is 22.1. The largest absolute Gasteiger partial charge is 0.485 e. The van der Waals surface area contributed by atoms with Crippen LogP contribution in [-0.4, -0.2) is 23.8 Å². The predicted octanol–water partition coefficient (Wildman–Crippen LogP) is 6.38. The molecule has 35 heavy (non-hydrogen) atoms. The molecule has 1 N–H and O–H groups in total. The number of rotatable bonds is 7. The van der Waals surface area contributed by atoms with Crippen molar-refractivity contribution in [2.75, 3.05) is 6.61 Å². The van der Waals surface area contributed by atoms with E-state index in [1.165, 1.54) is 11.1 Å². The lowest BCUT2D eigenvalue weighted by atomic mass is 9.70. The molecule has 4 heteroatoms. The average Bonchev–Trinajstić information content (AvgIpc) is 3.23. The van der Waals surface area contributed by atoms with Gasteiger partial charge in [-0.3, -0.25) is 4.79 Å². The van der Waals surface area contributed by atoms with Crippen LogP contribution in [-0.2, 0) is 14.9 Å². The maximum Gasteiger partial charge on any atom is 0.314 e. The van der Waals surface area contributed by atoms with E-state index in [2.05, 4.69) is 69.9 Å². The molecule has 2 aromatic rings. The van der Waals surface area contributed by atoms with Crippen molar-refractivity contribution in [3.05, 3.63) is 76.1 Å². The van der Waals surface area contributed by atoms with Crippen molar-refractivity contribution < 1.29 is 19.4 Å². The number of ether oxygens (including phenoxy) is 2. The number of aliphatic hydroxyl groups is 1. The average molecular weight is 475 g/mol. The first kappa shape index (κ1) is 26.6. The van der Waals surface area contributed by atoms with Crippen LogP contribution in [0, 0.1) is 31.1 Å². The summed E-state index contributed by atoms with van der Waals surface area (Å²) in [6.07, 6.45) is 3.32. The van der Waals surface area contributed by atoms with Crippen LogP contribution >= 0.6 is 0 Å². The lowest BCUT2D eigenvalue weighted by molar-refractivity contribution is -0.136. The third-order valence-electron chi connectivity index (χ3n) is 6.99. The molecule has 1 aliphatic rings. The van der Waals surface area contributed by atoms with Crippen molar-refractivity contribution in [3.63, 3.8) is 0 Å². The minimum absolute atomic E-state index is 0.131. The van der Waals surface area contributed by atoms with Crippen LogP contribution in [0.2, 0.25) is 0 Å². The summed E-state index contributed by atoms with van der Waals surface area (Å²) in [7, 11) is 0. The Hall–Kier alpha value is -3.03. The quantitative estimate of drug-likeness (QED) is 0.374. The molecule has 186 valence electrons. The second-order valence-electron chi connectivity index (χ2n) is 10.5. The summed E-state index contributed by atoms with van der Waals surface area (Å²) in [6.45, 7) is 14.8. The summed E-state index contributed by atoms with van der Waals surface area (Å²) >= 11 is 0. The zero-order valence-electron chi connectivity index (χ0n) is 22.1. The molecule has 0 spiro atoms. The van der Waals surface area contributed by atoms with E-state index in [0.29, 0.717) is 12.2 Å². The number of aryl methyl sites for hydroxylation is 2. The molecular formula is C31H38O4. The molecule has 3 rings (SSSR count). The number of cyclic esters (lactones) is 1. The van der Waals surface area contributed by atoms with Gasteiger partial charge >= 0.3 is 5.97 Å². The van der Waals surface area contributed by atoms with Gasteiger partial charge < -0.3 is 14.6 Å². The first-order valence-electron chi connectivity index (χ1n) is 12.4. The highest BCUT2D eigenvalue weighted by Crippen LogP contribution is 2.41. The Morgan fingerprint density at radius 3 is 2.17 bits per heavy atom. The van der Waals surface area contributed by atoms with Gasteiger partial charge in [0, 0.05) is 11.0 Å². The lowest BCUT2D eigenvalue weighted by Gasteiger charge is -2.34. The molecule has 0 aromatic heterocycles. The van der Waals surface area contributed by atoms with Crippen LogP contribution in [0.3, 0.4) is 0 Å². The summed E-state index contributed by atoms with van der Waals surface area (Å²) in [5.41, 5.74) is 5.21. The number of carbonyl (C=O) groups is 1. The van der Waals surface area contributed by atoms with Crippen LogP contribution in [0.4, 0.5) is 0 Å². The van der Waals surface area contributed by atoms with Gasteiger partial charge in [-0.1, -0.05) is 70.7 Å². The van der Waals surface area contributed by atoms with Crippen molar-refractivity contribution in [2.45, 2.75) is 79.2 Å². The summed E-state index contributed by atoms with van der Waals surface area (Å²) in [5.74, 6) is 7.31. The topological polar surface area (TPSA) is 55.8 Å². The highest BCUT2D eigenvalue weighted by molar-refractivity contribution is 5.75. The summed E-state index contributed by atoms with van der Waals surface area (Å²) in [4.78, 5) is 11.3. The molecule has 0 saturated carbocycles. The van der Waals surface area contributed by atoms with E-state index in [-0.39, 0.29) is 23.4 Å². The zero-order chi connectivity index (χ0) is 25.8. The molecule has 0 saturated heterocycles. The second-order valence-corrected chi connectivity index (χ2v) is 10.5. The fraction of sp³-hybridized carbons (Fsp3) is 0.452. The first-order chi connectivity index (χ1) is 16.5. The van der Waals surface area contributed by atoms with Crippen LogP contribution in [0.15, 0.2) is 48.2 Å². The van der Waals surface area contributed by atoms with Gasteiger partial charge in [0.25, 0.3) is 0 Å². The maximum absolute atomic E-state index is 11.3. The Balaban J connectivity index is 1.87. The molecule has 1 atom stereocenters. The molecule has 0 aliphatic carbocycles. The Kier molecular flexibility index (Phi) is 8.13. The number of hydrogen-bond donors (Lipinski definition) is 1. The van der Waals surface area contributed by atoms with E-state index in [9.17, 15) is 9.90 Å². The van der Waals surface area contributed by atoms with Gasteiger partial charge in [0.05, 0.1) is 6.42 Å². The van der Waals surface area contributed by atoms with Crippen LogP contribution in [0.5, 0.6) is 5.75 Å². The van der Waals surface area contributed by atoms with Gasteiger partial charge in [0.1, 0.15) is 24.2 Å². The number of carbonyl (C=O) groups excluding carboxylic acids is 1. The van der Waals surface area contributed by atoms with Crippen LogP contribution in [0.1, 0.15) is 81.7 Å². The third kappa shape index (κ3) is 5.97. The molecule has 0 radical (unpaired) electrons. The van der Waals surface area contributed by atoms with E-state index in [1.807, 2.05) is 26.8 Å². The fourth-order valence-electron chi connectivity index (χ4n) is 4.47. The normalized spacial score (nSPS) is 14.6. The third-order valence-corrected chi connectivity index (χ3v) is 6.99. The molecule has 2 aromatic carbocycles. The smallest absolute Gasteiger partial charge is 0.314 e. The van der Waals surface area contributed by atoms with Crippen molar-refractivity contribution in [3.8, 4) is 17.6 Å². The van der Waals surface area contributed by atoms with Crippen LogP contribution in [0.25, 0.3) is 0 Å². The fourth-order valence-corrected chi connectivity index (χ4v) is 4.47. The molecule has 1 unspecified atom stereocenters. The molecule has 0 bridgehead atoms. The molecule has 1 aliphatic heterocycles. The molecule has 0 fully saturated rings. The highest BCUT2D eigenvalue weighted by Gasteiger charge is 2.31. The van der Waals surface area contributed by atoms with E-state index in [4.69, 9.17) is 9.47 Å². The molecule has 4 nitrogen and oxygen atoms in total. The molecular weight excluding hydrogens is 436 g/mol. The van der Waals surface area contributed by atoms with Crippen molar-refractivity contribution >= 4 is 5.97 Å². The first-order valence-corrected chi connectivity index (χ1v) is 12.4. The van der Waals surface area contributed by atoms with Crippen molar-refractivity contribution in [1.29, 1.82) is 0 Å². The Morgan fingerprint density at radius 2 is 1.66 bits per heavy atom. The van der Waals surface area contributed by atoms with Gasteiger partial charge in [-0.25, -0.2) is 0 Å². The molecule has 1 heterocycles. The second kappa shape index (κ2) is 10.7. The number of benzene rings is 2. The summed E-state index contributed by atoms with van der Waals surface area (Å²) in [6, 6.07) is 12.9. The number of hydrogen-bond acceptors (Lipinski definition) is 4. The van der Waals surface area contributed by atoms with Gasteiger partial charge in [-0.2, -0.15) is 0 Å². The predicted molar refractivity (Wildman–Crippen MR) is 140 cm³/mol. The van der Waals surface area contributed by atoms with Gasteiger partial charge in [0.15, 0.2) is 0 Å². The summed E-state index contributed by atoms with van der Waals surface area (Å²) in [5, 5.41) is 10.3. The van der Waals surface area contributed by atoms with Gasteiger partial charge in [0.2, 0.25) is 0 Å². The van der Waals surface area contributed by atoms with Crippen molar-refractivity contribution in [2.24, 2.45) is 5.41 Å². The Morgan fingerprint density at radius 1 is 1.03 bits per heavy atom. The monoisotopic (exact) mass is 474 g/mol. The number of esters is 1. The maximum atomic E-state index is 11.3. The van der Waals surface area contributed by atoms with E-state index in [0.717, 1.165) is 35.3 Å². The standard InChI is InChI=1S/C31H38O4/c1-8-31(9-2,24-12-10-23(21(3)18-24)11-16-28(32)30(5,6)7)25-13-15-27(22(4)19-25)34-20-26-14-17-29(33)35-26/h10,12-15,18-19,28,32H,8-9,17,20H2,1-7H3. The minimum atomic E-state index is -0.673. The van der Waals surface area contributed by atoms with Crippen molar-refractivity contribution in [1.82, 2.24) is 0 Å². The highest BCUT2D eigenvalue weighted by atomic mass is 16.6. The lowest BCUT2D eigenvalue weighted by Crippen LogP contribution is -2.26. The SMILES string of the molecule is CCC(CC)(c1ccc(C#CC(O)C(C)(C)C)c(C)c1)c1ccc(OCC2=CCC(=O)O2)c(C)c1. The van der Waals surface area contributed by atoms with Crippen LogP contribution < -0.4 is 4.74 Å². The Labute approximate surface area is 210 Å². The van der Waals surface area contributed by atoms with E-state index >= 15 is 0 Å². The Bertz CT molecular complexity index is 1170. The van der Waals surface area contributed by atoms with E-state index in [1.54, 1.807) is 6.08 Å². The summed E-state index contributed by atoms with van der Waals surface area (Å²) < 4.78 is 11.1.